The molecule has 0 atom stereocenters. The summed E-state index contributed by atoms with van der Waals surface area (Å²) in [4.78, 5) is 0. The van der Waals surface area contributed by atoms with Gasteiger partial charge in [-0.05, 0) is 40.3 Å². The molecule has 0 aromatic heterocycles. The summed E-state index contributed by atoms with van der Waals surface area (Å²) >= 11 is 7.19. The van der Waals surface area contributed by atoms with Crippen LogP contribution in [0.15, 0.2) is 30.3 Å². The maximum atomic E-state index is 12.1. The molecule has 0 saturated carbocycles. The molecule has 64 valence electrons. The molecule has 0 unspecified atom stereocenters. The lowest BCUT2D eigenvalue weighted by atomic mass is 10.2. The number of hydrogen-bond acceptors (Lipinski definition) is 0. The first-order valence-corrected chi connectivity index (χ1v) is 4.53. The van der Waals surface area contributed by atoms with Crippen molar-refractivity contribution in [2.45, 2.75) is 0 Å². The Hall–Kier alpha value is -0.160. The van der Waals surface area contributed by atoms with E-state index >= 15 is 0 Å². The van der Waals surface area contributed by atoms with Crippen molar-refractivity contribution in [3.8, 4) is 0 Å². The number of halogens is 4. The molecule has 1 aromatic rings. The van der Waals surface area contributed by atoms with Crippen LogP contribution in [0.25, 0.3) is 3.58 Å². The molecule has 12 heavy (non-hydrogen) atoms. The fourth-order valence-corrected chi connectivity index (χ4v) is 1.19. The van der Waals surface area contributed by atoms with Crippen LogP contribution < -0.4 is 0 Å². The molecular formula is C8H4ClF2I. The zero-order valence-electron chi connectivity index (χ0n) is 5.82. The lowest BCUT2D eigenvalue weighted by molar-refractivity contribution is 0.429. The van der Waals surface area contributed by atoms with Crippen molar-refractivity contribution < 1.29 is 8.78 Å². The molecule has 0 fully saturated rings. The number of hydrogen-bond donors (Lipinski definition) is 0. The van der Waals surface area contributed by atoms with E-state index in [9.17, 15) is 8.78 Å². The minimum absolute atomic E-state index is 0.0377. The summed E-state index contributed by atoms with van der Waals surface area (Å²) in [5, 5.41) is 0.544. The standard InChI is InChI=1S/C8H4ClF2I/c9-6-3-1-5(2-4-6)7(12)8(10)11/h1-4H. The average Bonchev–Trinajstić information content (AvgIpc) is 2.04. The molecule has 4 heteroatoms. The van der Waals surface area contributed by atoms with Crippen LogP contribution in [-0.4, -0.2) is 0 Å². The smallest absolute Gasteiger partial charge is 0.172 e. The van der Waals surface area contributed by atoms with E-state index in [0.29, 0.717) is 10.6 Å². The predicted octanol–water partition coefficient (Wildman–Crippen LogP) is 4.34. The fourth-order valence-electron chi connectivity index (χ4n) is 0.705. The van der Waals surface area contributed by atoms with Crippen LogP contribution in [0.1, 0.15) is 5.56 Å². The molecule has 0 aliphatic heterocycles. The first-order valence-electron chi connectivity index (χ1n) is 3.08. The normalized spacial score (nSPS) is 9.67. The topological polar surface area (TPSA) is 0 Å². The second-order valence-electron chi connectivity index (χ2n) is 2.08. The summed E-state index contributed by atoms with van der Waals surface area (Å²) in [7, 11) is 0. The monoisotopic (exact) mass is 300 g/mol. The Bertz CT molecular complexity index is 301. The van der Waals surface area contributed by atoms with Gasteiger partial charge in [0, 0.05) is 5.02 Å². The highest BCUT2D eigenvalue weighted by Gasteiger charge is 2.04. The van der Waals surface area contributed by atoms with Crippen LogP contribution in [-0.2, 0) is 0 Å². The molecule has 1 rings (SSSR count). The van der Waals surface area contributed by atoms with Gasteiger partial charge < -0.3 is 0 Å². The summed E-state index contributed by atoms with van der Waals surface area (Å²) in [6.07, 6.45) is -1.67. The van der Waals surface area contributed by atoms with Gasteiger partial charge in [-0.15, -0.1) is 0 Å². The van der Waals surface area contributed by atoms with Crippen LogP contribution in [0.3, 0.4) is 0 Å². The van der Waals surface area contributed by atoms with Crippen LogP contribution >= 0.6 is 34.2 Å². The first-order chi connectivity index (χ1) is 5.61. The first kappa shape index (κ1) is 9.92. The molecule has 0 bridgehead atoms. The number of benzene rings is 1. The van der Waals surface area contributed by atoms with Crippen LogP contribution in [0.4, 0.5) is 8.78 Å². The van der Waals surface area contributed by atoms with Crippen LogP contribution in [0.2, 0.25) is 5.02 Å². The van der Waals surface area contributed by atoms with Gasteiger partial charge in [0.15, 0.2) is 0 Å². The molecule has 0 amide bonds. The molecule has 0 nitrogen and oxygen atoms in total. The van der Waals surface area contributed by atoms with Crippen molar-refractivity contribution in [3.05, 3.63) is 40.9 Å². The highest BCUT2D eigenvalue weighted by atomic mass is 127. The van der Waals surface area contributed by atoms with Crippen LogP contribution in [0, 0.1) is 0 Å². The zero-order chi connectivity index (χ0) is 9.14. The van der Waals surface area contributed by atoms with Gasteiger partial charge >= 0.3 is 0 Å². The molecule has 0 saturated heterocycles. The molecular weight excluding hydrogens is 296 g/mol. The van der Waals surface area contributed by atoms with E-state index in [2.05, 4.69) is 0 Å². The highest BCUT2D eigenvalue weighted by Crippen LogP contribution is 2.27. The Balaban J connectivity index is 3.06. The quantitative estimate of drug-likeness (QED) is 0.677. The third kappa shape index (κ3) is 2.42. The van der Waals surface area contributed by atoms with Crippen molar-refractivity contribution >= 4 is 37.8 Å². The summed E-state index contributed by atoms with van der Waals surface area (Å²) < 4.78 is 24.1. The van der Waals surface area contributed by atoms with Gasteiger partial charge in [-0.2, -0.15) is 8.78 Å². The summed E-state index contributed by atoms with van der Waals surface area (Å²) in [6.45, 7) is 0. The van der Waals surface area contributed by atoms with Crippen molar-refractivity contribution in [1.29, 1.82) is 0 Å². The van der Waals surface area contributed by atoms with E-state index in [1.54, 1.807) is 46.9 Å². The van der Waals surface area contributed by atoms with Crippen molar-refractivity contribution in [1.82, 2.24) is 0 Å². The van der Waals surface area contributed by atoms with Gasteiger partial charge in [-0.1, -0.05) is 23.7 Å². The van der Waals surface area contributed by atoms with Gasteiger partial charge in [-0.3, -0.25) is 0 Å². The lowest BCUT2D eigenvalue weighted by Crippen LogP contribution is -1.76. The SMILES string of the molecule is FC(F)=C(I)c1ccc(Cl)cc1. The second-order valence-corrected chi connectivity index (χ2v) is 3.60. The Morgan fingerprint density at radius 1 is 1.17 bits per heavy atom. The van der Waals surface area contributed by atoms with Gasteiger partial charge in [0.1, 0.15) is 0 Å². The predicted molar refractivity (Wildman–Crippen MR) is 54.6 cm³/mol. The third-order valence-electron chi connectivity index (χ3n) is 1.26. The zero-order valence-corrected chi connectivity index (χ0v) is 8.73. The Kier molecular flexibility index (Phi) is 3.46. The number of rotatable bonds is 1. The molecule has 0 heterocycles. The van der Waals surface area contributed by atoms with Crippen LogP contribution in [0.5, 0.6) is 0 Å². The average molecular weight is 300 g/mol. The minimum Gasteiger partial charge on any atom is -0.172 e. The highest BCUT2D eigenvalue weighted by molar-refractivity contribution is 14.1. The lowest BCUT2D eigenvalue weighted by Gasteiger charge is -1.97. The molecule has 0 radical (unpaired) electrons. The molecule has 1 aromatic carbocycles. The van der Waals surface area contributed by atoms with E-state index < -0.39 is 6.08 Å². The second kappa shape index (κ2) is 4.18. The summed E-state index contributed by atoms with van der Waals surface area (Å²) in [5.41, 5.74) is 0.486. The van der Waals surface area contributed by atoms with Gasteiger partial charge in [0.2, 0.25) is 0 Å². The molecule has 0 aliphatic carbocycles. The van der Waals surface area contributed by atoms with E-state index in [1.165, 1.54) is 0 Å². The largest absolute Gasteiger partial charge is 0.284 e. The Morgan fingerprint density at radius 3 is 2.08 bits per heavy atom. The maximum absolute atomic E-state index is 12.1. The maximum Gasteiger partial charge on any atom is 0.284 e. The van der Waals surface area contributed by atoms with E-state index in [1.807, 2.05) is 0 Å². The van der Waals surface area contributed by atoms with E-state index in [-0.39, 0.29) is 3.58 Å². The van der Waals surface area contributed by atoms with Crippen molar-refractivity contribution in [2.24, 2.45) is 0 Å². The summed E-state index contributed by atoms with van der Waals surface area (Å²) in [5.74, 6) is 0. The third-order valence-corrected chi connectivity index (χ3v) is 2.55. The van der Waals surface area contributed by atoms with E-state index in [4.69, 9.17) is 11.6 Å². The van der Waals surface area contributed by atoms with Crippen molar-refractivity contribution in [3.63, 3.8) is 0 Å². The minimum atomic E-state index is -1.67. The van der Waals surface area contributed by atoms with Gasteiger partial charge in [-0.25, -0.2) is 0 Å². The molecule has 0 N–H and O–H groups in total. The molecule has 0 spiro atoms. The summed E-state index contributed by atoms with van der Waals surface area (Å²) in [6, 6.07) is 6.28. The molecule has 0 aliphatic rings. The van der Waals surface area contributed by atoms with Gasteiger partial charge in [0.25, 0.3) is 6.08 Å². The fraction of sp³-hybridized carbons (Fsp3) is 0. The van der Waals surface area contributed by atoms with E-state index in [0.717, 1.165) is 0 Å². The Morgan fingerprint density at radius 2 is 1.67 bits per heavy atom. The van der Waals surface area contributed by atoms with Gasteiger partial charge in [0.05, 0.1) is 3.58 Å². The Labute approximate surface area is 87.4 Å². The van der Waals surface area contributed by atoms with Crippen molar-refractivity contribution in [2.75, 3.05) is 0 Å².